The molecule has 0 spiro atoms. The molecule has 2 aliphatic rings. The third-order valence-corrected chi connectivity index (χ3v) is 5.08. The Hall–Kier alpha value is -2.67. The molecule has 1 aromatic heterocycles. The number of amides is 1. The Morgan fingerprint density at radius 2 is 2.04 bits per heavy atom. The molecule has 26 heavy (non-hydrogen) atoms. The lowest BCUT2D eigenvalue weighted by atomic mass is 9.99. The third-order valence-electron chi connectivity index (χ3n) is 5.08. The Kier molecular flexibility index (Phi) is 4.46. The van der Waals surface area contributed by atoms with Gasteiger partial charge in [-0.3, -0.25) is 9.59 Å². The number of carbonyl (C=O) groups excluding carboxylic acids is 1. The van der Waals surface area contributed by atoms with Crippen LogP contribution in [-0.2, 0) is 29.5 Å². The second-order valence-corrected chi connectivity index (χ2v) is 6.75. The minimum atomic E-state index is -0.569. The van der Waals surface area contributed by atoms with Gasteiger partial charge in [0.1, 0.15) is 0 Å². The van der Waals surface area contributed by atoms with E-state index in [-0.39, 0.29) is 11.5 Å². The normalized spacial score (nSPS) is 20.0. The van der Waals surface area contributed by atoms with E-state index < -0.39 is 6.10 Å². The second kappa shape index (κ2) is 6.92. The lowest BCUT2D eigenvalue weighted by Gasteiger charge is -2.36. The molecule has 0 aliphatic carbocycles. The number of ether oxygens (including phenoxy) is 1. The van der Waals surface area contributed by atoms with Crippen LogP contribution in [0.15, 0.2) is 41.5 Å². The van der Waals surface area contributed by atoms with E-state index in [0.717, 1.165) is 6.42 Å². The molecular weight excluding hydrogens is 332 g/mol. The number of hydrogen-bond donors (Lipinski definition) is 0. The SMILES string of the molecule is Cn1ccnc(N2CCOC(C(=O)N3CCc4ccccc4C3)C2)c1=O. The zero-order chi connectivity index (χ0) is 18.1. The van der Waals surface area contributed by atoms with E-state index in [1.807, 2.05) is 21.9 Å². The van der Waals surface area contributed by atoms with Gasteiger partial charge in [0.25, 0.3) is 11.5 Å². The van der Waals surface area contributed by atoms with Gasteiger partial charge in [-0.25, -0.2) is 4.98 Å². The number of nitrogens with zero attached hydrogens (tertiary/aromatic N) is 4. The van der Waals surface area contributed by atoms with Gasteiger partial charge in [0.05, 0.1) is 13.2 Å². The highest BCUT2D eigenvalue weighted by Gasteiger charge is 2.33. The molecule has 4 rings (SSSR count). The largest absolute Gasteiger partial charge is 0.365 e. The van der Waals surface area contributed by atoms with Gasteiger partial charge >= 0.3 is 0 Å². The van der Waals surface area contributed by atoms with E-state index in [4.69, 9.17) is 4.74 Å². The van der Waals surface area contributed by atoms with Crippen LogP contribution in [-0.4, -0.2) is 52.7 Å². The highest BCUT2D eigenvalue weighted by atomic mass is 16.5. The Morgan fingerprint density at radius 1 is 1.23 bits per heavy atom. The van der Waals surface area contributed by atoms with Gasteiger partial charge in [-0.1, -0.05) is 24.3 Å². The van der Waals surface area contributed by atoms with Crippen molar-refractivity contribution >= 4 is 11.7 Å². The van der Waals surface area contributed by atoms with E-state index in [0.29, 0.717) is 38.6 Å². The van der Waals surface area contributed by atoms with Crippen LogP contribution >= 0.6 is 0 Å². The van der Waals surface area contributed by atoms with Crippen molar-refractivity contribution in [2.45, 2.75) is 19.1 Å². The number of carbonyl (C=O) groups is 1. The number of hydrogen-bond acceptors (Lipinski definition) is 5. The van der Waals surface area contributed by atoms with Gasteiger partial charge in [0.2, 0.25) is 0 Å². The molecule has 1 saturated heterocycles. The summed E-state index contributed by atoms with van der Waals surface area (Å²) in [7, 11) is 1.70. The fourth-order valence-electron chi connectivity index (χ4n) is 3.58. The van der Waals surface area contributed by atoms with Crippen molar-refractivity contribution in [3.8, 4) is 0 Å². The Labute approximate surface area is 151 Å². The summed E-state index contributed by atoms with van der Waals surface area (Å²) in [6, 6.07) is 8.22. The predicted octanol–water partition coefficient (Wildman–Crippen LogP) is 0.570. The summed E-state index contributed by atoms with van der Waals surface area (Å²) in [5, 5.41) is 0. The molecule has 2 aromatic rings. The van der Waals surface area contributed by atoms with Crippen LogP contribution < -0.4 is 10.5 Å². The van der Waals surface area contributed by atoms with Crippen LogP contribution in [0.2, 0.25) is 0 Å². The molecule has 0 N–H and O–H groups in total. The fraction of sp³-hybridized carbons (Fsp3) is 0.421. The van der Waals surface area contributed by atoms with Crippen molar-refractivity contribution < 1.29 is 9.53 Å². The van der Waals surface area contributed by atoms with Crippen molar-refractivity contribution in [3.63, 3.8) is 0 Å². The maximum atomic E-state index is 13.0. The predicted molar refractivity (Wildman–Crippen MR) is 97.0 cm³/mol. The van der Waals surface area contributed by atoms with Gasteiger partial charge in [0.15, 0.2) is 11.9 Å². The molecule has 1 atom stereocenters. The van der Waals surface area contributed by atoms with Crippen LogP contribution in [0.25, 0.3) is 0 Å². The highest BCUT2D eigenvalue weighted by Crippen LogP contribution is 2.21. The Bertz CT molecular complexity index is 879. The fourth-order valence-corrected chi connectivity index (χ4v) is 3.58. The number of rotatable bonds is 2. The number of aromatic nitrogens is 2. The average Bonchev–Trinajstić information content (AvgIpc) is 2.69. The van der Waals surface area contributed by atoms with E-state index in [1.54, 1.807) is 19.4 Å². The molecule has 1 amide bonds. The highest BCUT2D eigenvalue weighted by molar-refractivity contribution is 5.82. The first-order valence-electron chi connectivity index (χ1n) is 8.87. The summed E-state index contributed by atoms with van der Waals surface area (Å²) in [5.74, 6) is 0.358. The Morgan fingerprint density at radius 3 is 2.88 bits per heavy atom. The van der Waals surface area contributed by atoms with Gasteiger partial charge in [-0.2, -0.15) is 0 Å². The molecule has 0 radical (unpaired) electrons. The summed E-state index contributed by atoms with van der Waals surface area (Å²) in [5.41, 5.74) is 2.34. The topological polar surface area (TPSA) is 67.7 Å². The molecule has 7 heteroatoms. The van der Waals surface area contributed by atoms with E-state index >= 15 is 0 Å². The van der Waals surface area contributed by atoms with Crippen LogP contribution in [0.4, 0.5) is 5.82 Å². The molecule has 0 bridgehead atoms. The first-order valence-corrected chi connectivity index (χ1v) is 8.87. The summed E-state index contributed by atoms with van der Waals surface area (Å²) in [6.07, 6.45) is 3.52. The smallest absolute Gasteiger partial charge is 0.293 e. The van der Waals surface area contributed by atoms with Crippen molar-refractivity contribution in [2.75, 3.05) is 31.1 Å². The van der Waals surface area contributed by atoms with Crippen LogP contribution in [0, 0.1) is 0 Å². The van der Waals surface area contributed by atoms with Crippen molar-refractivity contribution in [3.05, 3.63) is 58.1 Å². The van der Waals surface area contributed by atoms with Crippen LogP contribution in [0.5, 0.6) is 0 Å². The average molecular weight is 354 g/mol. The summed E-state index contributed by atoms with van der Waals surface area (Å²) in [4.78, 5) is 33.2. The minimum absolute atomic E-state index is 0.0167. The molecular formula is C19H22N4O3. The van der Waals surface area contributed by atoms with Crippen LogP contribution in [0.1, 0.15) is 11.1 Å². The monoisotopic (exact) mass is 354 g/mol. The summed E-state index contributed by atoms with van der Waals surface area (Å²) in [6.45, 7) is 2.62. The molecule has 1 aromatic carbocycles. The first kappa shape index (κ1) is 16.8. The van der Waals surface area contributed by atoms with Gasteiger partial charge in [-0.15, -0.1) is 0 Å². The van der Waals surface area contributed by atoms with E-state index in [9.17, 15) is 9.59 Å². The van der Waals surface area contributed by atoms with Gasteiger partial charge < -0.3 is 19.1 Å². The van der Waals surface area contributed by atoms with Crippen molar-refractivity contribution in [2.24, 2.45) is 7.05 Å². The number of morpholine rings is 1. The quantitative estimate of drug-likeness (QED) is 0.789. The van der Waals surface area contributed by atoms with E-state index in [1.165, 1.54) is 15.7 Å². The number of benzene rings is 1. The third kappa shape index (κ3) is 3.10. The molecule has 0 saturated carbocycles. The summed E-state index contributed by atoms with van der Waals surface area (Å²) >= 11 is 0. The first-order chi connectivity index (χ1) is 12.6. The zero-order valence-corrected chi connectivity index (χ0v) is 14.8. The Balaban J connectivity index is 1.49. The standard InChI is InChI=1S/C19H22N4O3/c1-21-9-7-20-17(19(21)25)22-10-11-26-16(13-22)18(24)23-8-6-14-4-2-3-5-15(14)12-23/h2-5,7,9,16H,6,8,10-13H2,1H3. The minimum Gasteiger partial charge on any atom is -0.365 e. The molecule has 136 valence electrons. The summed E-state index contributed by atoms with van der Waals surface area (Å²) < 4.78 is 7.23. The maximum absolute atomic E-state index is 13.0. The lowest BCUT2D eigenvalue weighted by molar-refractivity contribution is -0.145. The van der Waals surface area contributed by atoms with Crippen molar-refractivity contribution in [1.29, 1.82) is 0 Å². The number of anilines is 1. The lowest BCUT2D eigenvalue weighted by Crippen LogP contribution is -2.53. The number of fused-ring (bicyclic) bond motifs is 1. The molecule has 1 fully saturated rings. The molecule has 1 unspecified atom stereocenters. The maximum Gasteiger partial charge on any atom is 0.293 e. The van der Waals surface area contributed by atoms with E-state index in [2.05, 4.69) is 17.1 Å². The zero-order valence-electron chi connectivity index (χ0n) is 14.8. The van der Waals surface area contributed by atoms with Gasteiger partial charge in [-0.05, 0) is 17.5 Å². The van der Waals surface area contributed by atoms with Gasteiger partial charge in [0, 0.05) is 39.1 Å². The molecule has 7 nitrogen and oxygen atoms in total. The molecule has 2 aliphatic heterocycles. The number of aryl methyl sites for hydroxylation is 1. The van der Waals surface area contributed by atoms with Crippen LogP contribution in [0.3, 0.4) is 0 Å². The van der Waals surface area contributed by atoms with Crippen molar-refractivity contribution in [1.82, 2.24) is 14.5 Å². The molecule has 3 heterocycles. The second-order valence-electron chi connectivity index (χ2n) is 6.75.